The molecule has 0 aliphatic carbocycles. The highest BCUT2D eigenvalue weighted by molar-refractivity contribution is 7.89. The van der Waals surface area contributed by atoms with Crippen molar-refractivity contribution in [3.8, 4) is 0 Å². The van der Waals surface area contributed by atoms with Crippen LogP contribution in [0.15, 0.2) is 83.9 Å². The van der Waals surface area contributed by atoms with Gasteiger partial charge in [-0.1, -0.05) is 35.9 Å². The van der Waals surface area contributed by atoms with Crippen molar-refractivity contribution in [3.05, 3.63) is 95.9 Å². The van der Waals surface area contributed by atoms with Crippen LogP contribution in [-0.4, -0.2) is 42.1 Å². The summed E-state index contributed by atoms with van der Waals surface area (Å²) in [7, 11) is -4.22. The SMILES string of the molecule is Cc1ccc(N2C(=O)CC(N(CCc3c[nH]c4ccccc34)S(=O)(=O)c3ccc(F)cc3)C2=O)cc1. The minimum Gasteiger partial charge on any atom is -0.361 e. The number of rotatable bonds is 7. The molecule has 36 heavy (non-hydrogen) atoms. The van der Waals surface area contributed by atoms with Gasteiger partial charge in [0.1, 0.15) is 11.9 Å². The first-order valence-corrected chi connectivity index (χ1v) is 13.0. The molecule has 3 aromatic carbocycles. The number of hydrogen-bond acceptors (Lipinski definition) is 4. The van der Waals surface area contributed by atoms with Gasteiger partial charge in [0.2, 0.25) is 15.9 Å². The number of para-hydroxylation sites is 1. The lowest BCUT2D eigenvalue weighted by Gasteiger charge is -2.27. The lowest BCUT2D eigenvalue weighted by atomic mass is 10.1. The van der Waals surface area contributed by atoms with Gasteiger partial charge in [-0.2, -0.15) is 4.31 Å². The van der Waals surface area contributed by atoms with Crippen LogP contribution in [0.3, 0.4) is 0 Å². The Morgan fingerprint density at radius 3 is 2.42 bits per heavy atom. The number of sulfonamides is 1. The van der Waals surface area contributed by atoms with Gasteiger partial charge in [-0.3, -0.25) is 9.59 Å². The molecule has 1 aliphatic rings. The van der Waals surface area contributed by atoms with E-state index in [1.807, 2.05) is 37.4 Å². The molecule has 0 spiro atoms. The fourth-order valence-electron chi connectivity index (χ4n) is 4.56. The van der Waals surface area contributed by atoms with E-state index < -0.39 is 33.7 Å². The van der Waals surface area contributed by atoms with Crippen LogP contribution in [0.1, 0.15) is 17.5 Å². The monoisotopic (exact) mass is 505 g/mol. The number of benzene rings is 3. The fourth-order valence-corrected chi connectivity index (χ4v) is 6.14. The van der Waals surface area contributed by atoms with Gasteiger partial charge in [-0.25, -0.2) is 17.7 Å². The van der Waals surface area contributed by atoms with Crippen molar-refractivity contribution in [3.63, 3.8) is 0 Å². The number of aromatic nitrogens is 1. The summed E-state index contributed by atoms with van der Waals surface area (Å²) in [6, 6.07) is 17.8. The van der Waals surface area contributed by atoms with Gasteiger partial charge in [0.15, 0.2) is 0 Å². The number of nitrogens with zero attached hydrogens (tertiary/aromatic N) is 2. The largest absolute Gasteiger partial charge is 0.361 e. The summed E-state index contributed by atoms with van der Waals surface area (Å²) in [5.74, 6) is -1.65. The van der Waals surface area contributed by atoms with Crippen molar-refractivity contribution >= 4 is 38.4 Å². The van der Waals surface area contributed by atoms with Crippen LogP contribution >= 0.6 is 0 Å². The van der Waals surface area contributed by atoms with Gasteiger partial charge in [0, 0.05) is 23.6 Å². The Morgan fingerprint density at radius 2 is 1.69 bits per heavy atom. The number of aryl methyl sites for hydroxylation is 1. The van der Waals surface area contributed by atoms with Gasteiger partial charge in [-0.05, 0) is 61.4 Å². The van der Waals surface area contributed by atoms with E-state index in [2.05, 4.69) is 4.98 Å². The molecule has 0 bridgehead atoms. The number of fused-ring (bicyclic) bond motifs is 1. The Balaban J connectivity index is 1.51. The van der Waals surface area contributed by atoms with Crippen LogP contribution in [0.2, 0.25) is 0 Å². The number of anilines is 1. The zero-order valence-electron chi connectivity index (χ0n) is 19.5. The maximum Gasteiger partial charge on any atom is 0.252 e. The molecule has 184 valence electrons. The van der Waals surface area contributed by atoms with E-state index in [-0.39, 0.29) is 17.9 Å². The lowest BCUT2D eigenvalue weighted by Crippen LogP contribution is -2.46. The molecule has 1 unspecified atom stereocenters. The van der Waals surface area contributed by atoms with Gasteiger partial charge < -0.3 is 4.98 Å². The number of H-pyrrole nitrogens is 1. The fraction of sp³-hybridized carbons (Fsp3) is 0.185. The molecule has 9 heteroatoms. The Morgan fingerprint density at radius 1 is 1.00 bits per heavy atom. The highest BCUT2D eigenvalue weighted by atomic mass is 32.2. The molecule has 1 aromatic heterocycles. The van der Waals surface area contributed by atoms with Crippen molar-refractivity contribution in [1.82, 2.24) is 9.29 Å². The molecular weight excluding hydrogens is 481 g/mol. The first-order chi connectivity index (χ1) is 17.3. The second kappa shape index (κ2) is 9.33. The highest BCUT2D eigenvalue weighted by Crippen LogP contribution is 2.30. The quantitative estimate of drug-likeness (QED) is 0.382. The predicted molar refractivity (Wildman–Crippen MR) is 134 cm³/mol. The van der Waals surface area contributed by atoms with Crippen LogP contribution < -0.4 is 4.90 Å². The molecule has 0 radical (unpaired) electrons. The van der Waals surface area contributed by atoms with Gasteiger partial charge in [-0.15, -0.1) is 0 Å². The summed E-state index contributed by atoms with van der Waals surface area (Å²) >= 11 is 0. The number of amides is 2. The van der Waals surface area contributed by atoms with Crippen LogP contribution in [0, 0.1) is 12.7 Å². The summed E-state index contributed by atoms with van der Waals surface area (Å²) in [5.41, 5.74) is 3.16. The molecule has 7 nitrogen and oxygen atoms in total. The van der Waals surface area contributed by atoms with E-state index >= 15 is 0 Å². The molecule has 4 aromatic rings. The zero-order valence-corrected chi connectivity index (χ0v) is 20.3. The summed E-state index contributed by atoms with van der Waals surface area (Å²) in [6.45, 7) is 1.86. The van der Waals surface area contributed by atoms with Crippen molar-refractivity contribution < 1.29 is 22.4 Å². The molecular formula is C27H24FN3O4S. The molecule has 1 N–H and O–H groups in total. The maximum atomic E-state index is 13.7. The van der Waals surface area contributed by atoms with Gasteiger partial charge in [0.25, 0.3) is 5.91 Å². The van der Waals surface area contributed by atoms with Gasteiger partial charge >= 0.3 is 0 Å². The van der Waals surface area contributed by atoms with Crippen molar-refractivity contribution in [2.45, 2.75) is 30.7 Å². The van der Waals surface area contributed by atoms with E-state index in [0.29, 0.717) is 12.1 Å². The molecule has 5 rings (SSSR count). The lowest BCUT2D eigenvalue weighted by molar-refractivity contribution is -0.122. The van der Waals surface area contributed by atoms with E-state index in [9.17, 15) is 22.4 Å². The van der Waals surface area contributed by atoms with Crippen LogP contribution in [0.5, 0.6) is 0 Å². The number of carbonyl (C=O) groups excluding carboxylic acids is 2. The molecule has 2 heterocycles. The van der Waals surface area contributed by atoms with Crippen molar-refractivity contribution in [1.29, 1.82) is 0 Å². The van der Waals surface area contributed by atoms with E-state index in [0.717, 1.165) is 43.4 Å². The minimum absolute atomic E-state index is 0.0347. The maximum absolute atomic E-state index is 13.7. The van der Waals surface area contributed by atoms with Crippen LogP contribution in [0.4, 0.5) is 10.1 Å². The van der Waals surface area contributed by atoms with E-state index in [1.165, 1.54) is 12.1 Å². The summed E-state index contributed by atoms with van der Waals surface area (Å²) in [6.07, 6.45) is 1.85. The second-order valence-corrected chi connectivity index (χ2v) is 10.7. The molecule has 1 saturated heterocycles. The second-order valence-electron chi connectivity index (χ2n) is 8.80. The zero-order chi connectivity index (χ0) is 25.4. The smallest absolute Gasteiger partial charge is 0.252 e. The average Bonchev–Trinajstić information content (AvgIpc) is 3.40. The average molecular weight is 506 g/mol. The third-order valence-corrected chi connectivity index (χ3v) is 8.38. The van der Waals surface area contributed by atoms with Crippen molar-refractivity contribution in [2.75, 3.05) is 11.4 Å². The van der Waals surface area contributed by atoms with E-state index in [4.69, 9.17) is 0 Å². The number of halogens is 1. The van der Waals surface area contributed by atoms with Crippen LogP contribution in [-0.2, 0) is 26.0 Å². The molecule has 1 fully saturated rings. The third kappa shape index (κ3) is 4.31. The number of nitrogens with one attached hydrogen (secondary N) is 1. The Hall–Kier alpha value is -3.82. The standard InChI is InChI=1S/C27H24FN3O4S/c1-18-6-10-21(11-7-18)31-26(32)16-25(27(31)33)30(36(34,35)22-12-8-20(28)9-13-22)15-14-19-17-29-24-5-3-2-4-23(19)24/h2-13,17,25,29H,14-16H2,1H3. The molecule has 2 amide bonds. The Bertz CT molecular complexity index is 1550. The van der Waals surface area contributed by atoms with Crippen LogP contribution in [0.25, 0.3) is 10.9 Å². The number of hydrogen-bond donors (Lipinski definition) is 1. The predicted octanol–water partition coefficient (Wildman–Crippen LogP) is 4.18. The third-order valence-electron chi connectivity index (χ3n) is 6.46. The number of imide groups is 1. The first kappa shape index (κ1) is 23.9. The summed E-state index contributed by atoms with van der Waals surface area (Å²) in [5, 5.41) is 0.951. The number of carbonyl (C=O) groups is 2. The highest BCUT2D eigenvalue weighted by Gasteiger charge is 2.46. The number of aromatic amines is 1. The van der Waals surface area contributed by atoms with Crippen molar-refractivity contribution in [2.24, 2.45) is 0 Å². The first-order valence-electron chi connectivity index (χ1n) is 11.5. The van der Waals surface area contributed by atoms with E-state index in [1.54, 1.807) is 24.3 Å². The minimum atomic E-state index is -4.22. The van der Waals surface area contributed by atoms with Gasteiger partial charge in [0.05, 0.1) is 17.0 Å². The molecule has 1 aliphatic heterocycles. The molecule has 1 atom stereocenters. The normalized spacial score (nSPS) is 16.4. The Kier molecular flexibility index (Phi) is 6.19. The molecule has 0 saturated carbocycles. The topological polar surface area (TPSA) is 90.6 Å². The summed E-state index contributed by atoms with van der Waals surface area (Å²) < 4.78 is 42.0. The summed E-state index contributed by atoms with van der Waals surface area (Å²) in [4.78, 5) is 30.5. The Labute approximate surface area is 208 Å².